The van der Waals surface area contributed by atoms with E-state index in [4.69, 9.17) is 13.5 Å². The van der Waals surface area contributed by atoms with Crippen molar-refractivity contribution in [2.24, 2.45) is 0 Å². The van der Waals surface area contributed by atoms with Crippen molar-refractivity contribution < 1.29 is 22.8 Å². The summed E-state index contributed by atoms with van der Waals surface area (Å²) in [6.07, 6.45) is 1.49. The molecule has 0 amide bonds. The zero-order valence-electron chi connectivity index (χ0n) is 15.6. The highest BCUT2D eigenvalue weighted by Gasteiger charge is 2.52. The van der Waals surface area contributed by atoms with Gasteiger partial charge in [0, 0.05) is 20.6 Å². The first-order valence-electron chi connectivity index (χ1n) is 7.66. The number of hydrogen-bond acceptors (Lipinski definition) is 5. The Balaban J connectivity index is 5.52. The number of hydrogen-bond donors (Lipinski definition) is 0. The first-order valence-corrected chi connectivity index (χ1v) is 12.1. The van der Waals surface area contributed by atoms with Gasteiger partial charge in [0.05, 0.1) is 0 Å². The molecule has 0 heterocycles. The monoisotopic (exact) mass is 352 g/mol. The highest BCUT2D eigenvalue weighted by atomic mass is 31.2. The third kappa shape index (κ3) is 5.27. The van der Waals surface area contributed by atoms with Crippen molar-refractivity contribution in [3.05, 3.63) is 0 Å². The van der Waals surface area contributed by atoms with Gasteiger partial charge in [-0.2, -0.15) is 0 Å². The first kappa shape index (κ1) is 22.0. The zero-order valence-corrected chi connectivity index (χ0v) is 17.5. The van der Waals surface area contributed by atoms with Gasteiger partial charge in [0.2, 0.25) is 0 Å². The van der Waals surface area contributed by atoms with E-state index in [1.165, 1.54) is 14.2 Å². The summed E-state index contributed by atoms with van der Waals surface area (Å²) in [5.74, 6) is 0.111. The Hall–Kier alpha value is -0.00312. The fraction of sp³-hybridized carbons (Fsp3) is 0.933. The average molecular weight is 352 g/mol. The Morgan fingerprint density at radius 2 is 1.55 bits per heavy atom. The highest BCUT2D eigenvalue weighted by molar-refractivity contribution is 7.55. The lowest BCUT2D eigenvalue weighted by Gasteiger charge is -2.45. The van der Waals surface area contributed by atoms with Crippen LogP contribution in [-0.4, -0.2) is 33.7 Å². The van der Waals surface area contributed by atoms with Crippen molar-refractivity contribution in [2.75, 3.05) is 14.2 Å². The van der Waals surface area contributed by atoms with Crippen LogP contribution < -0.4 is 0 Å². The molecule has 0 bridgehead atoms. The molecule has 0 N–H and O–H groups in total. The molecule has 0 saturated carbocycles. The van der Waals surface area contributed by atoms with Crippen molar-refractivity contribution in [2.45, 2.75) is 77.4 Å². The van der Waals surface area contributed by atoms with E-state index in [9.17, 15) is 9.36 Å². The van der Waals surface area contributed by atoms with Crippen LogP contribution in [0.15, 0.2) is 0 Å². The second-order valence-corrected chi connectivity index (χ2v) is 14.9. The predicted molar refractivity (Wildman–Crippen MR) is 92.8 cm³/mol. The van der Waals surface area contributed by atoms with Crippen LogP contribution in [0, 0.1) is 0 Å². The molecule has 1 atom stereocenters. The van der Waals surface area contributed by atoms with E-state index < -0.39 is 21.3 Å². The number of rotatable bonds is 9. The summed E-state index contributed by atoms with van der Waals surface area (Å²) in [6.45, 7) is 13.9. The van der Waals surface area contributed by atoms with Gasteiger partial charge in [0.1, 0.15) is 5.78 Å². The molecule has 0 aromatic heterocycles. The highest BCUT2D eigenvalue weighted by Crippen LogP contribution is 2.63. The van der Waals surface area contributed by atoms with E-state index >= 15 is 0 Å². The molecule has 0 aromatic carbocycles. The maximum absolute atomic E-state index is 13.0. The summed E-state index contributed by atoms with van der Waals surface area (Å²) in [6, 6.07) is 0. The number of Topliss-reactive ketones (excluding diaryl/α,β-unsaturated/α-hetero) is 1. The smallest absolute Gasteiger partial charge is 0.360 e. The van der Waals surface area contributed by atoms with Crippen LogP contribution in [0.25, 0.3) is 0 Å². The second-order valence-electron chi connectivity index (χ2n) is 7.46. The average Bonchev–Trinajstić information content (AvgIpc) is 2.35. The lowest BCUT2D eigenvalue weighted by Crippen LogP contribution is -2.48. The summed E-state index contributed by atoms with van der Waals surface area (Å²) in [5, 5.41) is -1.07. The third-order valence-electron chi connectivity index (χ3n) is 4.51. The van der Waals surface area contributed by atoms with Crippen LogP contribution in [0.3, 0.4) is 0 Å². The summed E-state index contributed by atoms with van der Waals surface area (Å²) in [4.78, 5) is 11.2. The molecule has 0 radical (unpaired) electrons. The minimum Gasteiger partial charge on any atom is -0.401 e. The van der Waals surface area contributed by atoms with Crippen molar-refractivity contribution in [1.29, 1.82) is 0 Å². The topological polar surface area (TPSA) is 61.8 Å². The molecule has 0 aliphatic heterocycles. The van der Waals surface area contributed by atoms with Crippen molar-refractivity contribution in [3.63, 3.8) is 0 Å². The molecule has 0 rings (SSSR count). The summed E-state index contributed by atoms with van der Waals surface area (Å²) >= 11 is 0. The Kier molecular flexibility index (Phi) is 7.71. The van der Waals surface area contributed by atoms with Gasteiger partial charge in [0.15, 0.2) is 13.7 Å². The van der Waals surface area contributed by atoms with Crippen LogP contribution in [0.2, 0.25) is 18.1 Å². The Bertz CT molecular complexity index is 422. The summed E-state index contributed by atoms with van der Waals surface area (Å²) < 4.78 is 29.9. The van der Waals surface area contributed by atoms with Crippen LogP contribution in [0.5, 0.6) is 0 Å². The molecule has 132 valence electrons. The van der Waals surface area contributed by atoms with Gasteiger partial charge in [0.25, 0.3) is 0 Å². The second kappa shape index (κ2) is 7.71. The standard InChI is InChI=1S/C15H33O5PSi/c1-13(16)11-10-12-15(5,21(17,18-6)19-7)20-22(8,9)14(2,3)4/h10-12H2,1-9H3. The zero-order chi connectivity index (χ0) is 17.8. The van der Waals surface area contributed by atoms with Gasteiger partial charge in [-0.1, -0.05) is 20.8 Å². The number of carbonyl (C=O) groups excluding carboxylic acids is 1. The van der Waals surface area contributed by atoms with Gasteiger partial charge in [-0.05, 0) is 44.8 Å². The largest absolute Gasteiger partial charge is 0.401 e. The van der Waals surface area contributed by atoms with E-state index in [1.807, 2.05) is 0 Å². The SMILES string of the molecule is COP(=O)(OC)C(C)(CCCC(C)=O)O[Si](C)(C)C(C)(C)C. The Morgan fingerprint density at radius 3 is 1.86 bits per heavy atom. The lowest BCUT2D eigenvalue weighted by atomic mass is 10.1. The fourth-order valence-electron chi connectivity index (χ4n) is 2.07. The Labute approximate surface area is 136 Å². The van der Waals surface area contributed by atoms with Crippen LogP contribution >= 0.6 is 7.60 Å². The minimum atomic E-state index is -3.43. The lowest BCUT2D eigenvalue weighted by molar-refractivity contribution is -0.117. The molecule has 0 fully saturated rings. The molecule has 22 heavy (non-hydrogen) atoms. The molecule has 0 aliphatic carbocycles. The van der Waals surface area contributed by atoms with Gasteiger partial charge in [-0.3, -0.25) is 4.57 Å². The quantitative estimate of drug-likeness (QED) is 0.433. The molecule has 7 heteroatoms. The van der Waals surface area contributed by atoms with Crippen molar-refractivity contribution in [1.82, 2.24) is 0 Å². The van der Waals surface area contributed by atoms with E-state index in [0.29, 0.717) is 19.3 Å². The molecular formula is C15H33O5PSi. The predicted octanol–water partition coefficient (Wildman–Crippen LogP) is 4.97. The van der Waals surface area contributed by atoms with E-state index in [1.54, 1.807) is 13.8 Å². The minimum absolute atomic E-state index is 0.0266. The van der Waals surface area contributed by atoms with Crippen LogP contribution in [0.1, 0.15) is 53.9 Å². The van der Waals surface area contributed by atoms with E-state index in [2.05, 4.69) is 33.9 Å². The van der Waals surface area contributed by atoms with Crippen LogP contribution in [-0.2, 0) is 22.8 Å². The van der Waals surface area contributed by atoms with Gasteiger partial charge in [-0.15, -0.1) is 0 Å². The molecule has 5 nitrogen and oxygen atoms in total. The van der Waals surface area contributed by atoms with Gasteiger partial charge in [-0.25, -0.2) is 0 Å². The van der Waals surface area contributed by atoms with Crippen molar-refractivity contribution in [3.8, 4) is 0 Å². The summed E-state index contributed by atoms with van der Waals surface area (Å²) in [7, 11) is -2.85. The van der Waals surface area contributed by atoms with Crippen molar-refractivity contribution >= 4 is 21.7 Å². The molecule has 1 unspecified atom stereocenters. The van der Waals surface area contributed by atoms with Crippen LogP contribution in [0.4, 0.5) is 0 Å². The van der Waals surface area contributed by atoms with Gasteiger partial charge >= 0.3 is 7.60 Å². The first-order chi connectivity index (χ1) is 9.74. The number of carbonyl (C=O) groups is 1. The maximum Gasteiger partial charge on any atom is 0.360 e. The van der Waals surface area contributed by atoms with Gasteiger partial charge < -0.3 is 18.3 Å². The maximum atomic E-state index is 13.0. The third-order valence-corrected chi connectivity index (χ3v) is 11.7. The fourth-order valence-corrected chi connectivity index (χ4v) is 6.07. The Morgan fingerprint density at radius 1 is 1.09 bits per heavy atom. The number of ketones is 1. The van der Waals surface area contributed by atoms with E-state index in [-0.39, 0.29) is 10.8 Å². The molecule has 0 aliphatic rings. The molecule has 0 spiro atoms. The molecular weight excluding hydrogens is 319 g/mol. The molecule has 0 aromatic rings. The molecule has 0 saturated heterocycles. The normalized spacial score (nSPS) is 16.4. The summed E-state index contributed by atoms with van der Waals surface area (Å²) in [5.41, 5.74) is 0. The van der Waals surface area contributed by atoms with E-state index in [0.717, 1.165) is 0 Å².